The van der Waals surface area contributed by atoms with Gasteiger partial charge in [0.05, 0.1) is 13.7 Å². The minimum absolute atomic E-state index is 0. The third-order valence-electron chi connectivity index (χ3n) is 4.46. The van der Waals surface area contributed by atoms with Crippen LogP contribution in [0.2, 0.25) is 0 Å². The van der Waals surface area contributed by atoms with Crippen LogP contribution in [0.15, 0.2) is 10.7 Å². The van der Waals surface area contributed by atoms with E-state index in [0.29, 0.717) is 5.41 Å². The van der Waals surface area contributed by atoms with Crippen LogP contribution in [0.5, 0.6) is 0 Å². The Hall–Kier alpha value is 0.379. The molecule has 1 saturated carbocycles. The van der Waals surface area contributed by atoms with Crippen molar-refractivity contribution in [3.8, 4) is 0 Å². The number of nitrogens with zero attached hydrogens (tertiary/aromatic N) is 2. The van der Waals surface area contributed by atoms with Gasteiger partial charge in [0.2, 0.25) is 0 Å². The van der Waals surface area contributed by atoms with Crippen molar-refractivity contribution in [2.75, 3.05) is 6.54 Å². The van der Waals surface area contributed by atoms with Crippen LogP contribution in [0.1, 0.15) is 52.4 Å². The third-order valence-corrected chi connectivity index (χ3v) is 4.46. The van der Waals surface area contributed by atoms with Crippen LogP contribution in [-0.4, -0.2) is 30.6 Å². The van der Waals surface area contributed by atoms with E-state index < -0.39 is 5.44 Å². The van der Waals surface area contributed by atoms with E-state index in [4.69, 9.17) is 7.85 Å². The van der Waals surface area contributed by atoms with Crippen molar-refractivity contribution < 1.29 is 32.7 Å². The second-order valence-corrected chi connectivity index (χ2v) is 6.20. The maximum atomic E-state index is 6.10. The van der Waals surface area contributed by atoms with Crippen molar-refractivity contribution in [3.05, 3.63) is 11.8 Å². The summed E-state index contributed by atoms with van der Waals surface area (Å²) in [5, 5.41) is 0. The van der Waals surface area contributed by atoms with Gasteiger partial charge in [0.15, 0.2) is 0 Å². The molecular weight excluding hydrogens is 296 g/mol. The Morgan fingerprint density at radius 2 is 1.94 bits per heavy atom. The summed E-state index contributed by atoms with van der Waals surface area (Å²) in [5.41, 5.74) is 1.18. The largest absolute Gasteiger partial charge is 0.456 e. The number of amidine groups is 1. The molecule has 0 bridgehead atoms. The van der Waals surface area contributed by atoms with Gasteiger partial charge in [-0.25, -0.2) is 0 Å². The van der Waals surface area contributed by atoms with E-state index in [2.05, 4.69) is 22.9 Å². The van der Waals surface area contributed by atoms with Gasteiger partial charge < -0.3 is 16.0 Å². The minimum atomic E-state index is -0.615. The maximum Gasteiger partial charge on any atom is 0.0944 e. The molecule has 0 N–H and O–H groups in total. The Morgan fingerprint density at radius 3 is 2.61 bits per heavy atom. The molecular formula is C14H20BN2Y-. The Balaban J connectivity index is 0.00000120. The van der Waals surface area contributed by atoms with E-state index in [1.165, 1.54) is 37.8 Å². The summed E-state index contributed by atoms with van der Waals surface area (Å²) in [5.74, 6) is 1.08. The van der Waals surface area contributed by atoms with E-state index in [-0.39, 0.29) is 32.7 Å². The normalized spacial score (nSPS) is 33.6. The Labute approximate surface area is 137 Å². The first-order valence-corrected chi connectivity index (χ1v) is 6.77. The number of hydrogen-bond acceptors (Lipinski definition) is 2. The summed E-state index contributed by atoms with van der Waals surface area (Å²) in [7, 11) is 6.10. The summed E-state index contributed by atoms with van der Waals surface area (Å²) in [6.07, 6.45) is 11.5. The predicted octanol–water partition coefficient (Wildman–Crippen LogP) is 2.64. The quantitative estimate of drug-likeness (QED) is 0.495. The van der Waals surface area contributed by atoms with Gasteiger partial charge in [-0.3, -0.25) is 0 Å². The van der Waals surface area contributed by atoms with Crippen molar-refractivity contribution in [1.29, 1.82) is 0 Å². The fourth-order valence-electron chi connectivity index (χ4n) is 3.71. The van der Waals surface area contributed by atoms with E-state index in [9.17, 15) is 0 Å². The van der Waals surface area contributed by atoms with Crippen LogP contribution in [0.25, 0.3) is 0 Å². The van der Waals surface area contributed by atoms with E-state index >= 15 is 0 Å². The molecule has 3 aliphatic rings. The van der Waals surface area contributed by atoms with Crippen molar-refractivity contribution >= 4 is 13.7 Å². The number of hydrogen-bond donors (Lipinski definition) is 0. The molecule has 2 heterocycles. The average molecular weight is 316 g/mol. The summed E-state index contributed by atoms with van der Waals surface area (Å²) >= 11 is 0. The molecule has 1 unspecified atom stereocenters. The molecule has 2 aliphatic heterocycles. The Morgan fingerprint density at radius 1 is 1.28 bits per heavy atom. The van der Waals surface area contributed by atoms with Gasteiger partial charge in [-0.15, -0.1) is 5.44 Å². The van der Waals surface area contributed by atoms with Gasteiger partial charge in [-0.05, 0) is 31.6 Å². The first-order chi connectivity index (χ1) is 8.00. The topological polar surface area (TPSA) is 15.6 Å². The molecule has 18 heavy (non-hydrogen) atoms. The third kappa shape index (κ3) is 2.63. The van der Waals surface area contributed by atoms with Gasteiger partial charge in [0.1, 0.15) is 0 Å². The first-order valence-electron chi connectivity index (χ1n) is 6.77. The molecule has 1 spiro atoms. The van der Waals surface area contributed by atoms with E-state index in [0.717, 1.165) is 18.8 Å². The molecule has 0 aromatic carbocycles. The van der Waals surface area contributed by atoms with Crippen LogP contribution in [0, 0.1) is 11.5 Å². The van der Waals surface area contributed by atoms with Gasteiger partial charge in [0, 0.05) is 39.3 Å². The molecule has 2 fully saturated rings. The fourth-order valence-corrected chi connectivity index (χ4v) is 3.71. The molecule has 4 heteroatoms. The maximum absolute atomic E-state index is 6.10. The molecule has 0 amide bonds. The average Bonchev–Trinajstić information content (AvgIpc) is 2.56. The van der Waals surface area contributed by atoms with Crippen molar-refractivity contribution in [2.24, 2.45) is 10.4 Å². The van der Waals surface area contributed by atoms with Crippen LogP contribution < -0.4 is 0 Å². The van der Waals surface area contributed by atoms with Crippen LogP contribution >= 0.6 is 0 Å². The zero-order chi connectivity index (χ0) is 12.1. The molecule has 0 aromatic rings. The SMILES string of the molecule is [B]C1(C)[C-]=C2CC3(CCCCC3)CN2C(C)=N1.[Y]. The predicted molar refractivity (Wildman–Crippen MR) is 70.9 cm³/mol. The number of aliphatic imine (C=N–C) groups is 1. The van der Waals surface area contributed by atoms with Gasteiger partial charge in [-0.1, -0.05) is 26.2 Å². The number of rotatable bonds is 0. The molecule has 3 radical (unpaired) electrons. The second kappa shape index (κ2) is 5.05. The number of fused-ring (bicyclic) bond motifs is 1. The zero-order valence-electron chi connectivity index (χ0n) is 11.5. The van der Waals surface area contributed by atoms with Crippen molar-refractivity contribution in [2.45, 2.75) is 57.8 Å². The zero-order valence-corrected chi connectivity index (χ0v) is 14.3. The van der Waals surface area contributed by atoms with E-state index in [1.807, 2.05) is 6.92 Å². The monoisotopic (exact) mass is 316 g/mol. The summed E-state index contributed by atoms with van der Waals surface area (Å²) in [6, 6.07) is 0. The van der Waals surface area contributed by atoms with Crippen LogP contribution in [-0.2, 0) is 32.7 Å². The standard InChI is InChI=1S/C14H20BN2.Y/c1-11-16-13(2,15)8-12-9-14(10-17(11)12)6-4-3-5-7-14;/h3-7,9-10H2,1-2H3;/q-1;. The van der Waals surface area contributed by atoms with Crippen molar-refractivity contribution in [1.82, 2.24) is 4.90 Å². The van der Waals surface area contributed by atoms with Crippen molar-refractivity contribution in [3.63, 3.8) is 0 Å². The molecule has 2 nitrogen and oxygen atoms in total. The Kier molecular flexibility index (Phi) is 4.15. The molecule has 1 saturated heterocycles. The van der Waals surface area contributed by atoms with Crippen LogP contribution in [0.4, 0.5) is 0 Å². The van der Waals surface area contributed by atoms with E-state index in [1.54, 1.807) is 0 Å². The molecule has 3 rings (SSSR count). The first kappa shape index (κ1) is 14.8. The second-order valence-electron chi connectivity index (χ2n) is 6.20. The Bertz CT molecular complexity index is 395. The summed E-state index contributed by atoms with van der Waals surface area (Å²) in [4.78, 5) is 6.87. The molecule has 1 aliphatic carbocycles. The van der Waals surface area contributed by atoms with Gasteiger partial charge in [-0.2, -0.15) is 5.70 Å². The fraction of sp³-hybridized carbons (Fsp3) is 0.786. The molecule has 93 valence electrons. The smallest absolute Gasteiger partial charge is 0.0944 e. The molecule has 1 atom stereocenters. The van der Waals surface area contributed by atoms with Crippen LogP contribution in [0.3, 0.4) is 0 Å². The number of allylic oxidation sites excluding steroid dienone is 1. The van der Waals surface area contributed by atoms with Gasteiger partial charge in [0.25, 0.3) is 0 Å². The van der Waals surface area contributed by atoms with Gasteiger partial charge >= 0.3 is 0 Å². The summed E-state index contributed by atoms with van der Waals surface area (Å²) in [6.45, 7) is 5.15. The molecule has 0 aromatic heterocycles. The summed E-state index contributed by atoms with van der Waals surface area (Å²) < 4.78 is 0. The minimum Gasteiger partial charge on any atom is -0.456 e.